The number of imidazole rings is 1. The topological polar surface area (TPSA) is 92.7 Å². The number of nitrogens with one attached hydrogen (secondary N) is 1. The number of aromatic nitrogens is 2. The van der Waals surface area contributed by atoms with E-state index in [1.165, 1.54) is 15.6 Å². The minimum absolute atomic E-state index is 0.128. The quantitative estimate of drug-likeness (QED) is 0.632. The molecule has 3 rings (SSSR count). The summed E-state index contributed by atoms with van der Waals surface area (Å²) in [6.45, 7) is 1.12. The number of hydrogen-bond acceptors (Lipinski definition) is 6. The molecule has 0 spiro atoms. The Kier molecular flexibility index (Phi) is 2.77. The third kappa shape index (κ3) is 1.62. The first-order valence-electron chi connectivity index (χ1n) is 5.57. The number of nitrogens with two attached hydrogens (primary N) is 1. The van der Waals surface area contributed by atoms with Crippen molar-refractivity contribution in [2.24, 2.45) is 5.84 Å². The van der Waals surface area contributed by atoms with Gasteiger partial charge >= 0.3 is 0 Å². The molecule has 0 radical (unpaired) electrons. The fourth-order valence-corrected chi connectivity index (χ4v) is 4.66. The molecule has 3 heterocycles. The minimum atomic E-state index is -3.54. The zero-order valence-corrected chi connectivity index (χ0v) is 11.2. The largest absolute Gasteiger partial charge is 0.306 e. The molecule has 9 heteroatoms. The van der Waals surface area contributed by atoms with Crippen LogP contribution in [0.1, 0.15) is 12.8 Å². The fraction of sp³-hybridized carbons (Fsp3) is 0.444. The molecule has 0 bridgehead atoms. The van der Waals surface area contributed by atoms with Gasteiger partial charge in [0.25, 0.3) is 10.0 Å². The summed E-state index contributed by atoms with van der Waals surface area (Å²) in [5, 5.41) is 1.93. The number of fused-ring (bicyclic) bond motifs is 1. The average molecular weight is 287 g/mol. The monoisotopic (exact) mass is 287 g/mol. The van der Waals surface area contributed by atoms with Crippen LogP contribution in [0, 0.1) is 0 Å². The van der Waals surface area contributed by atoms with Crippen molar-refractivity contribution in [2.45, 2.75) is 17.9 Å². The number of nitrogen functional groups attached to an aromatic ring is 1. The van der Waals surface area contributed by atoms with Gasteiger partial charge in [-0.25, -0.2) is 14.3 Å². The molecule has 3 N–H and O–H groups in total. The molecule has 1 aliphatic heterocycles. The van der Waals surface area contributed by atoms with Gasteiger partial charge in [-0.2, -0.15) is 9.29 Å². The second-order valence-corrected chi connectivity index (χ2v) is 6.80. The Balaban J connectivity index is 2.20. The molecule has 1 saturated heterocycles. The lowest BCUT2D eigenvalue weighted by Gasteiger charge is -2.15. The van der Waals surface area contributed by atoms with E-state index in [0.29, 0.717) is 18.1 Å². The van der Waals surface area contributed by atoms with Crippen molar-refractivity contribution >= 4 is 32.1 Å². The van der Waals surface area contributed by atoms with Crippen molar-refractivity contribution in [3.8, 4) is 0 Å². The summed E-state index contributed by atoms with van der Waals surface area (Å²) < 4.78 is 28.2. The second kappa shape index (κ2) is 4.19. The van der Waals surface area contributed by atoms with Gasteiger partial charge in [0.1, 0.15) is 0 Å². The smallest absolute Gasteiger partial charge is 0.262 e. The zero-order valence-electron chi connectivity index (χ0n) is 9.54. The van der Waals surface area contributed by atoms with Crippen molar-refractivity contribution in [2.75, 3.05) is 18.5 Å². The molecule has 18 heavy (non-hydrogen) atoms. The van der Waals surface area contributed by atoms with Gasteiger partial charge in [0.15, 0.2) is 10.8 Å². The Bertz CT molecular complexity index is 668. The summed E-state index contributed by atoms with van der Waals surface area (Å²) in [6.07, 6.45) is 3.49. The summed E-state index contributed by atoms with van der Waals surface area (Å²) in [4.78, 5) is 4.78. The van der Waals surface area contributed by atoms with Crippen LogP contribution in [0.15, 0.2) is 16.6 Å². The van der Waals surface area contributed by atoms with Crippen molar-refractivity contribution in [3.05, 3.63) is 11.6 Å². The molecule has 0 aromatic carbocycles. The van der Waals surface area contributed by atoms with Crippen LogP contribution >= 0.6 is 11.3 Å². The lowest BCUT2D eigenvalue weighted by atomic mass is 10.4. The first-order chi connectivity index (χ1) is 8.64. The maximum Gasteiger partial charge on any atom is 0.262 e. The van der Waals surface area contributed by atoms with Gasteiger partial charge in [0.2, 0.25) is 5.03 Å². The van der Waals surface area contributed by atoms with E-state index >= 15 is 0 Å². The number of anilines is 1. The predicted molar refractivity (Wildman–Crippen MR) is 68.9 cm³/mol. The molecule has 0 saturated carbocycles. The Hall–Kier alpha value is -1.16. The molecule has 2 aromatic rings. The highest BCUT2D eigenvalue weighted by atomic mass is 32.2. The van der Waals surface area contributed by atoms with Crippen LogP contribution in [0.5, 0.6) is 0 Å². The van der Waals surface area contributed by atoms with E-state index in [9.17, 15) is 8.42 Å². The van der Waals surface area contributed by atoms with Crippen LogP contribution in [0.4, 0.5) is 5.82 Å². The van der Waals surface area contributed by atoms with E-state index in [4.69, 9.17) is 5.84 Å². The first-order valence-corrected chi connectivity index (χ1v) is 7.89. The highest BCUT2D eigenvalue weighted by Gasteiger charge is 2.33. The third-order valence-electron chi connectivity index (χ3n) is 3.00. The Labute approximate surface area is 108 Å². The normalized spacial score (nSPS) is 17.6. The third-order valence-corrected chi connectivity index (χ3v) is 5.68. The average Bonchev–Trinajstić information content (AvgIpc) is 3.04. The number of sulfonamides is 1. The summed E-state index contributed by atoms with van der Waals surface area (Å²) in [5.41, 5.74) is 2.37. The van der Waals surface area contributed by atoms with Crippen LogP contribution in [0.25, 0.3) is 4.96 Å². The van der Waals surface area contributed by atoms with Crippen molar-refractivity contribution in [3.63, 3.8) is 0 Å². The lowest BCUT2D eigenvalue weighted by molar-refractivity contribution is 0.474. The molecule has 98 valence electrons. The molecule has 0 amide bonds. The molecule has 0 aliphatic carbocycles. The van der Waals surface area contributed by atoms with Crippen molar-refractivity contribution < 1.29 is 8.42 Å². The number of hydrazine groups is 1. The Morgan fingerprint density at radius 2 is 2.11 bits per heavy atom. The fourth-order valence-electron chi connectivity index (χ4n) is 2.16. The van der Waals surface area contributed by atoms with Crippen LogP contribution in [-0.2, 0) is 10.0 Å². The van der Waals surface area contributed by atoms with E-state index in [1.807, 2.05) is 0 Å². The molecular weight excluding hydrogens is 274 g/mol. The molecule has 2 aromatic heterocycles. The number of hydrogen-bond donors (Lipinski definition) is 2. The summed E-state index contributed by atoms with van der Waals surface area (Å²) in [5.74, 6) is 5.57. The number of rotatable bonds is 3. The van der Waals surface area contributed by atoms with Crippen LogP contribution in [-0.4, -0.2) is 35.2 Å². The lowest BCUT2D eigenvalue weighted by Crippen LogP contribution is -2.29. The van der Waals surface area contributed by atoms with Gasteiger partial charge in [-0.05, 0) is 12.8 Å². The summed E-state index contributed by atoms with van der Waals surface area (Å²) >= 11 is 1.37. The van der Waals surface area contributed by atoms with Gasteiger partial charge in [0.05, 0.1) is 0 Å². The standard InChI is InChI=1S/C9H13N5O2S2/c10-12-7-8(14-5-6-17-9(14)11-7)18(15,16)13-3-1-2-4-13/h5-6,12H,1-4,10H2. The maximum atomic E-state index is 12.6. The van der Waals surface area contributed by atoms with E-state index in [0.717, 1.165) is 12.8 Å². The SMILES string of the molecule is NNc1nc2sccn2c1S(=O)(=O)N1CCCC1. The molecule has 7 nitrogen and oxygen atoms in total. The van der Waals surface area contributed by atoms with Gasteiger partial charge < -0.3 is 5.43 Å². The first kappa shape index (κ1) is 11.9. The summed E-state index contributed by atoms with van der Waals surface area (Å²) in [7, 11) is -3.54. The van der Waals surface area contributed by atoms with Crippen molar-refractivity contribution in [1.29, 1.82) is 0 Å². The molecular formula is C9H13N5O2S2. The number of thiazole rings is 1. The highest BCUT2D eigenvalue weighted by Crippen LogP contribution is 2.29. The van der Waals surface area contributed by atoms with Gasteiger partial charge in [-0.1, -0.05) is 0 Å². The van der Waals surface area contributed by atoms with Crippen molar-refractivity contribution in [1.82, 2.24) is 13.7 Å². The highest BCUT2D eigenvalue weighted by molar-refractivity contribution is 7.89. The van der Waals surface area contributed by atoms with Crippen LogP contribution in [0.2, 0.25) is 0 Å². The van der Waals surface area contributed by atoms with Crippen LogP contribution < -0.4 is 11.3 Å². The molecule has 1 fully saturated rings. The van der Waals surface area contributed by atoms with Gasteiger partial charge in [0, 0.05) is 24.7 Å². The van der Waals surface area contributed by atoms with E-state index < -0.39 is 10.0 Å². The molecule has 1 aliphatic rings. The predicted octanol–water partition coefficient (Wildman–Crippen LogP) is 0.466. The minimum Gasteiger partial charge on any atom is -0.306 e. The van der Waals surface area contributed by atoms with E-state index in [-0.39, 0.29) is 10.8 Å². The molecule has 0 unspecified atom stereocenters. The van der Waals surface area contributed by atoms with Gasteiger partial charge in [-0.15, -0.1) is 11.3 Å². The number of nitrogens with zero attached hydrogens (tertiary/aromatic N) is 3. The zero-order chi connectivity index (χ0) is 12.8. The Morgan fingerprint density at radius 3 is 2.78 bits per heavy atom. The van der Waals surface area contributed by atoms with E-state index in [1.54, 1.807) is 16.0 Å². The van der Waals surface area contributed by atoms with Gasteiger partial charge in [-0.3, -0.25) is 4.40 Å². The summed E-state index contributed by atoms with van der Waals surface area (Å²) in [6, 6.07) is 0. The maximum absolute atomic E-state index is 12.6. The second-order valence-electron chi connectivity index (χ2n) is 4.08. The molecule has 0 atom stereocenters. The Morgan fingerprint density at radius 1 is 1.39 bits per heavy atom. The van der Waals surface area contributed by atoms with E-state index in [2.05, 4.69) is 10.4 Å². The van der Waals surface area contributed by atoms with Crippen LogP contribution in [0.3, 0.4) is 0 Å².